The Morgan fingerprint density at radius 2 is 0.900 bits per heavy atom. The SMILES string of the molecule is CC.CC.CC.CCNC. The van der Waals surface area contributed by atoms with E-state index in [0.29, 0.717) is 0 Å². The van der Waals surface area contributed by atoms with Crippen LogP contribution in [0.5, 0.6) is 0 Å². The lowest BCUT2D eigenvalue weighted by atomic mass is 10.8. The number of nitrogens with one attached hydrogen (secondary N) is 1. The van der Waals surface area contributed by atoms with Crippen molar-refractivity contribution < 1.29 is 0 Å². The van der Waals surface area contributed by atoms with Gasteiger partial charge < -0.3 is 5.32 Å². The first kappa shape index (κ1) is 22.5. The quantitative estimate of drug-likeness (QED) is 0.603. The summed E-state index contributed by atoms with van der Waals surface area (Å²) >= 11 is 0. The summed E-state index contributed by atoms with van der Waals surface area (Å²) in [5.74, 6) is 0. The van der Waals surface area contributed by atoms with Crippen LogP contribution >= 0.6 is 0 Å². The van der Waals surface area contributed by atoms with Crippen LogP contribution in [-0.4, -0.2) is 13.6 Å². The zero-order valence-corrected chi connectivity index (χ0v) is 9.21. The second-order valence-corrected chi connectivity index (χ2v) is 0.707. The maximum absolute atomic E-state index is 2.93. The van der Waals surface area contributed by atoms with E-state index in [9.17, 15) is 0 Å². The van der Waals surface area contributed by atoms with Crippen LogP contribution in [0, 0.1) is 0 Å². The van der Waals surface area contributed by atoms with E-state index in [4.69, 9.17) is 0 Å². The lowest BCUT2D eigenvalue weighted by Crippen LogP contribution is -2.01. The maximum atomic E-state index is 2.93. The van der Waals surface area contributed by atoms with Crippen molar-refractivity contribution in [3.05, 3.63) is 0 Å². The van der Waals surface area contributed by atoms with Crippen LogP contribution in [0.1, 0.15) is 48.5 Å². The van der Waals surface area contributed by atoms with Gasteiger partial charge in [-0.1, -0.05) is 48.5 Å². The molecular formula is C9H27N. The van der Waals surface area contributed by atoms with Gasteiger partial charge in [0, 0.05) is 0 Å². The van der Waals surface area contributed by atoms with Gasteiger partial charge in [0.05, 0.1) is 0 Å². The smallest absolute Gasteiger partial charge is 0.00804 e. The average molecular weight is 149 g/mol. The molecule has 1 heteroatoms. The molecule has 0 aliphatic rings. The lowest BCUT2D eigenvalue weighted by molar-refractivity contribution is 0.864. The van der Waals surface area contributed by atoms with E-state index in [1.807, 2.05) is 48.6 Å². The average Bonchev–Trinajstić information content (AvgIpc) is 2.14. The highest BCUT2D eigenvalue weighted by Crippen LogP contribution is 1.34. The van der Waals surface area contributed by atoms with Gasteiger partial charge in [-0.15, -0.1) is 0 Å². The van der Waals surface area contributed by atoms with Crippen LogP contribution in [0.4, 0.5) is 0 Å². The molecule has 0 aliphatic carbocycles. The molecule has 0 aromatic heterocycles. The summed E-state index contributed by atoms with van der Waals surface area (Å²) in [5, 5.41) is 2.93. The van der Waals surface area contributed by atoms with Crippen molar-refractivity contribution in [3.63, 3.8) is 0 Å². The summed E-state index contributed by atoms with van der Waals surface area (Å²) in [6, 6.07) is 0. The van der Waals surface area contributed by atoms with Crippen LogP contribution in [0.25, 0.3) is 0 Å². The van der Waals surface area contributed by atoms with Crippen LogP contribution in [0.15, 0.2) is 0 Å². The third kappa shape index (κ3) is 418. The molecule has 0 heterocycles. The zero-order chi connectivity index (χ0) is 9.41. The summed E-state index contributed by atoms with van der Waals surface area (Å²) in [5.41, 5.74) is 0. The molecule has 0 aliphatic heterocycles. The van der Waals surface area contributed by atoms with Crippen molar-refractivity contribution >= 4 is 0 Å². The first-order valence-electron chi connectivity index (χ1n) is 4.56. The van der Waals surface area contributed by atoms with Crippen molar-refractivity contribution in [1.82, 2.24) is 5.32 Å². The summed E-state index contributed by atoms with van der Waals surface area (Å²) in [4.78, 5) is 0. The summed E-state index contributed by atoms with van der Waals surface area (Å²) in [6.07, 6.45) is 0. The van der Waals surface area contributed by atoms with Crippen LogP contribution in [0.2, 0.25) is 0 Å². The Bertz CT molecular complexity index is 6.69. The second-order valence-electron chi connectivity index (χ2n) is 0.707. The predicted molar refractivity (Wildman–Crippen MR) is 53.6 cm³/mol. The third-order valence-electron chi connectivity index (χ3n) is 0.354. The van der Waals surface area contributed by atoms with Gasteiger partial charge in [0.25, 0.3) is 0 Å². The molecule has 0 saturated carbocycles. The molecule has 0 spiro atoms. The van der Waals surface area contributed by atoms with Crippen molar-refractivity contribution in [2.45, 2.75) is 48.5 Å². The molecule has 10 heavy (non-hydrogen) atoms. The highest BCUT2D eigenvalue weighted by molar-refractivity contribution is 4.15. The highest BCUT2D eigenvalue weighted by Gasteiger charge is 1.50. The number of hydrogen-bond acceptors (Lipinski definition) is 1. The maximum Gasteiger partial charge on any atom is -0.00804 e. The van der Waals surface area contributed by atoms with Gasteiger partial charge in [0.2, 0.25) is 0 Å². The van der Waals surface area contributed by atoms with E-state index in [1.165, 1.54) is 0 Å². The van der Waals surface area contributed by atoms with E-state index in [0.717, 1.165) is 6.54 Å². The molecule has 0 aromatic rings. The Morgan fingerprint density at radius 3 is 0.900 bits per heavy atom. The van der Waals surface area contributed by atoms with E-state index < -0.39 is 0 Å². The summed E-state index contributed by atoms with van der Waals surface area (Å²) < 4.78 is 0. The van der Waals surface area contributed by atoms with Crippen molar-refractivity contribution in [2.75, 3.05) is 13.6 Å². The Balaban J connectivity index is -0.0000000262. The first-order valence-corrected chi connectivity index (χ1v) is 4.56. The van der Waals surface area contributed by atoms with Gasteiger partial charge >= 0.3 is 0 Å². The molecule has 0 atom stereocenters. The molecule has 0 amide bonds. The van der Waals surface area contributed by atoms with Gasteiger partial charge in [0.1, 0.15) is 0 Å². The third-order valence-corrected chi connectivity index (χ3v) is 0.354. The molecular weight excluding hydrogens is 122 g/mol. The minimum Gasteiger partial charge on any atom is -0.320 e. The van der Waals surface area contributed by atoms with Crippen LogP contribution < -0.4 is 5.32 Å². The predicted octanol–water partition coefficient (Wildman–Crippen LogP) is 3.30. The Labute approximate surface area is 68.2 Å². The minimum absolute atomic E-state index is 1.07. The molecule has 0 rings (SSSR count). The minimum atomic E-state index is 1.07. The Kier molecular flexibility index (Phi) is 333. The highest BCUT2D eigenvalue weighted by atomic mass is 14.8. The molecule has 0 fully saturated rings. The van der Waals surface area contributed by atoms with E-state index in [1.54, 1.807) is 0 Å². The molecule has 0 radical (unpaired) electrons. The van der Waals surface area contributed by atoms with Gasteiger partial charge in [-0.2, -0.15) is 0 Å². The number of hydrogen-bond donors (Lipinski definition) is 1. The summed E-state index contributed by atoms with van der Waals surface area (Å²) in [6.45, 7) is 15.1. The van der Waals surface area contributed by atoms with E-state index in [2.05, 4.69) is 12.2 Å². The first-order chi connectivity index (χ1) is 4.91. The molecule has 0 aromatic carbocycles. The Morgan fingerprint density at radius 1 is 0.800 bits per heavy atom. The largest absolute Gasteiger partial charge is 0.320 e. The fraction of sp³-hybridized carbons (Fsp3) is 1.00. The fourth-order valence-electron chi connectivity index (χ4n) is 0. The normalized spacial score (nSPS) is 4.80. The molecule has 1 N–H and O–H groups in total. The standard InChI is InChI=1S/C3H9N.3C2H6/c1-3-4-2;3*1-2/h4H,3H2,1-2H3;3*1-2H3. The van der Waals surface area contributed by atoms with Gasteiger partial charge in [-0.05, 0) is 13.6 Å². The van der Waals surface area contributed by atoms with E-state index in [-0.39, 0.29) is 0 Å². The topological polar surface area (TPSA) is 12.0 Å². The zero-order valence-electron chi connectivity index (χ0n) is 9.21. The molecule has 0 saturated heterocycles. The molecule has 68 valence electrons. The van der Waals surface area contributed by atoms with Gasteiger partial charge in [0.15, 0.2) is 0 Å². The molecule has 0 unspecified atom stereocenters. The number of rotatable bonds is 1. The van der Waals surface area contributed by atoms with E-state index >= 15 is 0 Å². The van der Waals surface area contributed by atoms with Crippen molar-refractivity contribution in [2.24, 2.45) is 0 Å². The van der Waals surface area contributed by atoms with Gasteiger partial charge in [-0.25, -0.2) is 0 Å². The molecule has 0 bridgehead atoms. The second kappa shape index (κ2) is 148. The Hall–Kier alpha value is -0.0400. The monoisotopic (exact) mass is 149 g/mol. The van der Waals surface area contributed by atoms with Crippen molar-refractivity contribution in [1.29, 1.82) is 0 Å². The van der Waals surface area contributed by atoms with Crippen LogP contribution in [0.3, 0.4) is 0 Å². The van der Waals surface area contributed by atoms with Crippen LogP contribution in [-0.2, 0) is 0 Å². The lowest BCUT2D eigenvalue weighted by Gasteiger charge is -1.76. The fourth-order valence-corrected chi connectivity index (χ4v) is 0. The molecule has 1 nitrogen and oxygen atoms in total. The summed E-state index contributed by atoms with van der Waals surface area (Å²) in [7, 11) is 1.93. The van der Waals surface area contributed by atoms with Crippen molar-refractivity contribution in [3.8, 4) is 0 Å². The van der Waals surface area contributed by atoms with Gasteiger partial charge in [-0.3, -0.25) is 0 Å².